The lowest BCUT2D eigenvalue weighted by Crippen LogP contribution is -2.69. The Labute approximate surface area is 227 Å². The molecule has 14 heteroatoms. The first-order valence-electron chi connectivity index (χ1n) is 13.5. The van der Waals surface area contributed by atoms with Crippen molar-refractivity contribution in [2.24, 2.45) is 23.2 Å². The molecule has 0 amide bonds. The van der Waals surface area contributed by atoms with Crippen LogP contribution in [0.25, 0.3) is 0 Å². The van der Waals surface area contributed by atoms with Crippen LogP contribution in [0.3, 0.4) is 0 Å². The van der Waals surface area contributed by atoms with E-state index in [4.69, 9.17) is 37.7 Å². The maximum atomic E-state index is 14.0. The van der Waals surface area contributed by atoms with E-state index in [-0.39, 0.29) is 57.0 Å². The van der Waals surface area contributed by atoms with Gasteiger partial charge in [-0.3, -0.25) is 4.55 Å². The molecule has 4 saturated carbocycles. The molecule has 11 nitrogen and oxygen atoms in total. The third kappa shape index (κ3) is 6.13. The van der Waals surface area contributed by atoms with Crippen LogP contribution in [0.5, 0.6) is 0 Å². The summed E-state index contributed by atoms with van der Waals surface area (Å²) in [6.07, 6.45) is 1.25. The zero-order valence-electron chi connectivity index (χ0n) is 22.9. The summed E-state index contributed by atoms with van der Waals surface area (Å²) in [5.41, 5.74) is -1.92. The van der Waals surface area contributed by atoms with Crippen LogP contribution < -0.4 is 0 Å². The summed E-state index contributed by atoms with van der Waals surface area (Å²) >= 11 is 0. The van der Waals surface area contributed by atoms with Crippen molar-refractivity contribution in [1.82, 2.24) is 0 Å². The molecule has 1 spiro atoms. The predicted molar refractivity (Wildman–Crippen MR) is 130 cm³/mol. The molecule has 0 radical (unpaired) electrons. The average molecular weight is 587 g/mol. The Kier molecular flexibility index (Phi) is 9.01. The van der Waals surface area contributed by atoms with Crippen LogP contribution >= 0.6 is 0 Å². The standard InChI is InChI=1S/C25H40F2O11S/c1-5-32-16(3)34-12-22(13-35-17(4)33-6-2)14-36-24(37-15-22)19-7-18-8-20(24)11-23(9-18,10-19)38-21(28)25(26,27)39(29,30)31/h16-20H,5-15H2,1-4H3,(H,29,30,31). The molecule has 1 N–H and O–H groups in total. The fourth-order valence-electron chi connectivity index (χ4n) is 6.79. The van der Waals surface area contributed by atoms with Crippen LogP contribution in [0, 0.1) is 23.2 Å². The quantitative estimate of drug-likeness (QED) is 0.194. The first-order valence-corrected chi connectivity index (χ1v) is 15.0. The number of hydrogen-bond donors (Lipinski definition) is 1. The Balaban J connectivity index is 1.47. The van der Waals surface area contributed by atoms with E-state index < -0.39 is 50.7 Å². The SMILES string of the molecule is CCOC(C)OCC1(COC(C)OCC)COC2(OC1)C1CC3CC2CC(OC(=O)C(F)(F)S(=O)(=O)O)(C3)C1. The van der Waals surface area contributed by atoms with Crippen molar-refractivity contribution in [3.8, 4) is 0 Å². The van der Waals surface area contributed by atoms with Gasteiger partial charge in [0.2, 0.25) is 0 Å². The molecule has 39 heavy (non-hydrogen) atoms. The van der Waals surface area contributed by atoms with Gasteiger partial charge < -0.3 is 33.2 Å². The van der Waals surface area contributed by atoms with Crippen LogP contribution in [0.15, 0.2) is 0 Å². The average Bonchev–Trinajstić information content (AvgIpc) is 2.85. The van der Waals surface area contributed by atoms with Crippen LogP contribution in [0.1, 0.15) is 59.8 Å². The minimum atomic E-state index is -5.95. The first-order chi connectivity index (χ1) is 18.2. The minimum Gasteiger partial charge on any atom is -0.454 e. The van der Waals surface area contributed by atoms with E-state index in [0.717, 1.165) is 0 Å². The number of ether oxygens (including phenoxy) is 7. The molecule has 5 fully saturated rings. The molecule has 4 aliphatic carbocycles. The van der Waals surface area contributed by atoms with Crippen molar-refractivity contribution in [1.29, 1.82) is 0 Å². The van der Waals surface area contributed by atoms with Crippen LogP contribution in [-0.2, 0) is 48.1 Å². The van der Waals surface area contributed by atoms with Crippen molar-refractivity contribution in [2.45, 2.75) is 89.0 Å². The number of alkyl halides is 2. The van der Waals surface area contributed by atoms with E-state index >= 15 is 0 Å². The molecule has 0 aromatic carbocycles. The van der Waals surface area contributed by atoms with Gasteiger partial charge in [0.15, 0.2) is 18.4 Å². The van der Waals surface area contributed by atoms with Gasteiger partial charge in [-0.25, -0.2) is 4.79 Å². The molecule has 0 aromatic heterocycles. The van der Waals surface area contributed by atoms with Crippen molar-refractivity contribution in [3.05, 3.63) is 0 Å². The lowest BCUT2D eigenvalue weighted by molar-refractivity contribution is -0.400. The van der Waals surface area contributed by atoms with E-state index in [1.165, 1.54) is 0 Å². The molecule has 0 aromatic rings. The molecule has 1 saturated heterocycles. The molecule has 5 rings (SSSR count). The van der Waals surface area contributed by atoms with Gasteiger partial charge in [-0.1, -0.05) is 0 Å². The molecule has 5 aliphatic rings. The zero-order valence-corrected chi connectivity index (χ0v) is 23.7. The molecular weight excluding hydrogens is 546 g/mol. The Bertz CT molecular complexity index is 947. The van der Waals surface area contributed by atoms with Crippen molar-refractivity contribution in [2.75, 3.05) is 39.6 Å². The summed E-state index contributed by atoms with van der Waals surface area (Å²) in [5, 5.41) is -5.04. The minimum absolute atomic E-state index is 0.0879. The zero-order chi connectivity index (χ0) is 28.7. The van der Waals surface area contributed by atoms with E-state index in [2.05, 4.69) is 0 Å². The Hall–Kier alpha value is -1.00. The second-order valence-corrected chi connectivity index (χ2v) is 12.8. The Morgan fingerprint density at radius 3 is 1.87 bits per heavy atom. The lowest BCUT2D eigenvalue weighted by Gasteiger charge is -2.65. The fraction of sp³-hybridized carbons (Fsp3) is 0.960. The van der Waals surface area contributed by atoms with Gasteiger partial charge in [0.1, 0.15) is 5.60 Å². The fourth-order valence-corrected chi connectivity index (χ4v) is 7.04. The van der Waals surface area contributed by atoms with Gasteiger partial charge in [-0.05, 0) is 65.7 Å². The smallest absolute Gasteiger partial charge is 0.454 e. The van der Waals surface area contributed by atoms with Gasteiger partial charge in [-0.2, -0.15) is 17.2 Å². The number of esters is 1. The van der Waals surface area contributed by atoms with Crippen molar-refractivity contribution in [3.63, 3.8) is 0 Å². The number of halogens is 2. The normalized spacial score (nSPS) is 37.7. The predicted octanol–water partition coefficient (Wildman–Crippen LogP) is 3.12. The molecule has 1 heterocycles. The highest BCUT2D eigenvalue weighted by atomic mass is 32.2. The third-order valence-electron chi connectivity index (χ3n) is 8.40. The van der Waals surface area contributed by atoms with E-state index in [1.54, 1.807) is 13.8 Å². The van der Waals surface area contributed by atoms with Crippen molar-refractivity contribution >= 4 is 16.1 Å². The first kappa shape index (κ1) is 30.9. The maximum Gasteiger partial charge on any atom is 0.465 e. The topological polar surface area (TPSA) is 136 Å². The molecule has 1 aliphatic heterocycles. The van der Waals surface area contributed by atoms with E-state index in [0.29, 0.717) is 32.5 Å². The number of hydrogen-bond acceptors (Lipinski definition) is 10. The van der Waals surface area contributed by atoms with Crippen LogP contribution in [0.4, 0.5) is 8.78 Å². The largest absolute Gasteiger partial charge is 0.465 e. The van der Waals surface area contributed by atoms with E-state index in [9.17, 15) is 22.0 Å². The Morgan fingerprint density at radius 2 is 1.44 bits per heavy atom. The summed E-state index contributed by atoms with van der Waals surface area (Å²) in [6, 6.07) is 0. The monoisotopic (exact) mass is 586 g/mol. The molecule has 4 unspecified atom stereocenters. The second kappa shape index (κ2) is 11.3. The van der Waals surface area contributed by atoms with Crippen LogP contribution in [0.2, 0.25) is 0 Å². The van der Waals surface area contributed by atoms with Gasteiger partial charge in [0.25, 0.3) is 0 Å². The Morgan fingerprint density at radius 1 is 0.949 bits per heavy atom. The summed E-state index contributed by atoms with van der Waals surface area (Å²) in [4.78, 5) is 12.2. The highest BCUT2D eigenvalue weighted by Gasteiger charge is 2.68. The van der Waals surface area contributed by atoms with Gasteiger partial charge in [0, 0.05) is 25.0 Å². The second-order valence-electron chi connectivity index (χ2n) is 11.4. The van der Waals surface area contributed by atoms with E-state index in [1.807, 2.05) is 13.8 Å². The van der Waals surface area contributed by atoms with Gasteiger partial charge in [-0.15, -0.1) is 0 Å². The maximum absolute atomic E-state index is 14.0. The number of carbonyl (C=O) groups excluding carboxylic acids is 1. The van der Waals surface area contributed by atoms with Crippen molar-refractivity contribution < 1.29 is 59.7 Å². The molecular formula is C25H40F2O11S. The lowest BCUT2D eigenvalue weighted by atomic mass is 9.51. The van der Waals surface area contributed by atoms with Gasteiger partial charge in [0.05, 0.1) is 31.8 Å². The molecule has 4 atom stereocenters. The molecule has 226 valence electrons. The summed E-state index contributed by atoms with van der Waals surface area (Å²) in [7, 11) is -5.95. The summed E-state index contributed by atoms with van der Waals surface area (Å²) in [6.45, 7) is 9.32. The third-order valence-corrected chi connectivity index (χ3v) is 9.22. The number of rotatable bonds is 13. The summed E-state index contributed by atoms with van der Waals surface area (Å²) in [5.74, 6) is -3.66. The highest BCUT2D eigenvalue weighted by Crippen LogP contribution is 2.64. The van der Waals surface area contributed by atoms with Gasteiger partial charge >= 0.3 is 21.3 Å². The molecule has 4 bridgehead atoms. The highest BCUT2D eigenvalue weighted by molar-refractivity contribution is 7.87. The number of carbonyl (C=O) groups is 1. The summed E-state index contributed by atoms with van der Waals surface area (Å²) < 4.78 is 100. The van der Waals surface area contributed by atoms with Crippen LogP contribution in [-0.4, -0.2) is 87.8 Å².